The van der Waals surface area contributed by atoms with Crippen LogP contribution in [0.5, 0.6) is 0 Å². The van der Waals surface area contributed by atoms with Gasteiger partial charge in [-0.25, -0.2) is 4.79 Å². The molecule has 0 radical (unpaired) electrons. The van der Waals surface area contributed by atoms with Crippen molar-refractivity contribution in [2.75, 3.05) is 23.3 Å². The number of hydrogen-bond donors (Lipinski definition) is 1. The number of anilines is 2. The molecule has 1 heterocycles. The Hall–Kier alpha value is -4.20. The van der Waals surface area contributed by atoms with Crippen molar-refractivity contribution in [2.45, 2.75) is 19.4 Å². The smallest absolute Gasteiger partial charge is 0.322 e. The highest BCUT2D eigenvalue weighted by Crippen LogP contribution is 2.29. The lowest BCUT2D eigenvalue weighted by Gasteiger charge is -2.39. The average molecular weight is 444 g/mol. The molecule has 0 spiro atoms. The van der Waals surface area contributed by atoms with Gasteiger partial charge in [-0.05, 0) is 49.2 Å². The van der Waals surface area contributed by atoms with E-state index in [9.17, 15) is 19.7 Å². The summed E-state index contributed by atoms with van der Waals surface area (Å²) in [5.41, 5.74) is 2.55. The van der Waals surface area contributed by atoms with Gasteiger partial charge in [0.1, 0.15) is 0 Å². The van der Waals surface area contributed by atoms with E-state index >= 15 is 0 Å². The number of hydrogen-bond acceptors (Lipinski definition) is 4. The summed E-state index contributed by atoms with van der Waals surface area (Å²) in [5, 5.41) is 13.6. The Bertz CT molecular complexity index is 1160. The van der Waals surface area contributed by atoms with Crippen molar-refractivity contribution in [3.8, 4) is 0 Å². The van der Waals surface area contributed by atoms with Gasteiger partial charge in [-0.2, -0.15) is 0 Å². The second kappa shape index (κ2) is 9.52. The Balaban J connectivity index is 1.49. The summed E-state index contributed by atoms with van der Waals surface area (Å²) in [6.07, 6.45) is 0.836. The number of nitrogens with one attached hydrogen (secondary N) is 1. The van der Waals surface area contributed by atoms with Crippen molar-refractivity contribution in [3.05, 3.63) is 100 Å². The van der Waals surface area contributed by atoms with Crippen LogP contribution < -0.4 is 10.2 Å². The van der Waals surface area contributed by atoms with Crippen molar-refractivity contribution < 1.29 is 14.5 Å². The topological polar surface area (TPSA) is 95.8 Å². The Morgan fingerprint density at radius 3 is 2.42 bits per heavy atom. The molecular formula is C25H24N4O4. The number of nitro benzene ring substituents is 1. The Morgan fingerprint density at radius 1 is 1.00 bits per heavy atom. The first kappa shape index (κ1) is 22.0. The summed E-state index contributed by atoms with van der Waals surface area (Å²) in [7, 11) is 0. The van der Waals surface area contributed by atoms with Gasteiger partial charge in [0.05, 0.1) is 11.0 Å². The third kappa shape index (κ3) is 4.85. The number of urea groups is 1. The summed E-state index contributed by atoms with van der Waals surface area (Å²) in [6.45, 7) is 3.30. The molecule has 1 aliphatic heterocycles. The van der Waals surface area contributed by atoms with E-state index in [2.05, 4.69) is 5.32 Å². The second-order valence-electron chi connectivity index (χ2n) is 7.88. The number of rotatable bonds is 6. The molecule has 1 atom stereocenters. The number of nitro groups is 1. The largest absolute Gasteiger partial charge is 0.324 e. The van der Waals surface area contributed by atoms with Crippen LogP contribution in [0.1, 0.15) is 35.3 Å². The van der Waals surface area contributed by atoms with E-state index in [4.69, 9.17) is 0 Å². The molecule has 3 aromatic carbocycles. The SMILES string of the molecule is C[C@@H](c1ccccc1)N1CCCN(c2cccc(NC(=O)c3ccc([N+](=O)[O-])cc3)c2)C1=O. The van der Waals surface area contributed by atoms with E-state index in [1.165, 1.54) is 24.3 Å². The van der Waals surface area contributed by atoms with Crippen LogP contribution in [0.2, 0.25) is 0 Å². The number of carbonyl (C=O) groups excluding carboxylic acids is 2. The van der Waals surface area contributed by atoms with Crippen LogP contribution in [0.3, 0.4) is 0 Å². The van der Waals surface area contributed by atoms with Gasteiger partial charge in [-0.1, -0.05) is 36.4 Å². The summed E-state index contributed by atoms with van der Waals surface area (Å²) in [5.74, 6) is -0.383. The molecule has 4 rings (SSSR count). The van der Waals surface area contributed by atoms with Crippen LogP contribution in [-0.4, -0.2) is 34.9 Å². The van der Waals surface area contributed by atoms with E-state index in [1.807, 2.05) is 48.2 Å². The fourth-order valence-corrected chi connectivity index (χ4v) is 3.95. The van der Waals surface area contributed by atoms with Crippen molar-refractivity contribution >= 4 is 29.0 Å². The molecule has 0 aromatic heterocycles. The highest BCUT2D eigenvalue weighted by Gasteiger charge is 2.30. The van der Waals surface area contributed by atoms with Crippen LogP contribution in [0, 0.1) is 10.1 Å². The maximum Gasteiger partial charge on any atom is 0.324 e. The quantitative estimate of drug-likeness (QED) is 0.415. The van der Waals surface area contributed by atoms with Gasteiger partial charge < -0.3 is 10.2 Å². The molecule has 1 N–H and O–H groups in total. The molecule has 3 amide bonds. The van der Waals surface area contributed by atoms with Crippen molar-refractivity contribution in [1.82, 2.24) is 4.90 Å². The molecule has 33 heavy (non-hydrogen) atoms. The molecule has 1 aliphatic rings. The molecule has 1 saturated heterocycles. The minimum atomic E-state index is -0.511. The fourth-order valence-electron chi connectivity index (χ4n) is 3.95. The number of benzene rings is 3. The number of nitrogens with zero attached hydrogens (tertiary/aromatic N) is 3. The standard InChI is InChI=1S/C25H24N4O4/c1-18(19-7-3-2-4-8-19)27-15-6-16-28(25(27)31)23-10-5-9-21(17-23)26-24(30)20-11-13-22(14-12-20)29(32)33/h2-5,7-14,17-18H,6,15-16H2,1H3,(H,26,30)/t18-/m0/s1. The lowest BCUT2D eigenvalue weighted by molar-refractivity contribution is -0.384. The molecule has 0 saturated carbocycles. The highest BCUT2D eigenvalue weighted by molar-refractivity contribution is 6.05. The molecular weight excluding hydrogens is 420 g/mol. The highest BCUT2D eigenvalue weighted by atomic mass is 16.6. The Morgan fingerprint density at radius 2 is 1.73 bits per heavy atom. The molecule has 0 unspecified atom stereocenters. The van der Waals surface area contributed by atoms with E-state index in [0.717, 1.165) is 12.0 Å². The first-order valence-electron chi connectivity index (χ1n) is 10.7. The van der Waals surface area contributed by atoms with Crippen LogP contribution >= 0.6 is 0 Å². The molecule has 1 fully saturated rings. The zero-order valence-electron chi connectivity index (χ0n) is 18.2. The lowest BCUT2D eigenvalue weighted by atomic mass is 10.1. The Kier molecular flexibility index (Phi) is 6.35. The van der Waals surface area contributed by atoms with Crippen LogP contribution in [0.25, 0.3) is 0 Å². The molecule has 0 bridgehead atoms. The predicted octanol–water partition coefficient (Wildman–Crippen LogP) is 5.24. The first-order chi connectivity index (χ1) is 15.9. The summed E-state index contributed by atoms with van der Waals surface area (Å²) in [6, 6.07) is 22.3. The van der Waals surface area contributed by atoms with Gasteiger partial charge in [-0.15, -0.1) is 0 Å². The molecule has 8 nitrogen and oxygen atoms in total. The average Bonchev–Trinajstić information content (AvgIpc) is 2.84. The van der Waals surface area contributed by atoms with Crippen LogP contribution in [0.15, 0.2) is 78.9 Å². The monoisotopic (exact) mass is 444 g/mol. The summed E-state index contributed by atoms with van der Waals surface area (Å²) in [4.78, 5) is 39.7. The summed E-state index contributed by atoms with van der Waals surface area (Å²) < 4.78 is 0. The molecule has 3 aromatic rings. The third-order valence-electron chi connectivity index (χ3n) is 5.76. The minimum Gasteiger partial charge on any atom is -0.322 e. The summed E-state index contributed by atoms with van der Waals surface area (Å²) >= 11 is 0. The zero-order chi connectivity index (χ0) is 23.4. The maximum atomic E-state index is 13.3. The minimum absolute atomic E-state index is 0.0495. The van der Waals surface area contributed by atoms with Gasteiger partial charge in [-0.3, -0.25) is 19.8 Å². The molecule has 0 aliphatic carbocycles. The van der Waals surface area contributed by atoms with Crippen LogP contribution in [0.4, 0.5) is 21.9 Å². The predicted molar refractivity (Wildman–Crippen MR) is 126 cm³/mol. The van der Waals surface area contributed by atoms with E-state index in [1.54, 1.807) is 23.1 Å². The van der Waals surface area contributed by atoms with Gasteiger partial charge in [0.2, 0.25) is 0 Å². The van der Waals surface area contributed by atoms with Gasteiger partial charge in [0.15, 0.2) is 0 Å². The zero-order valence-corrected chi connectivity index (χ0v) is 18.2. The van der Waals surface area contributed by atoms with Crippen LogP contribution in [-0.2, 0) is 0 Å². The van der Waals surface area contributed by atoms with Crippen molar-refractivity contribution in [3.63, 3.8) is 0 Å². The molecule has 8 heteroatoms. The maximum absolute atomic E-state index is 13.3. The number of amides is 3. The van der Waals surface area contributed by atoms with E-state index in [-0.39, 0.29) is 23.7 Å². The number of carbonyl (C=O) groups is 2. The first-order valence-corrected chi connectivity index (χ1v) is 10.7. The van der Waals surface area contributed by atoms with Crippen molar-refractivity contribution in [1.29, 1.82) is 0 Å². The number of non-ortho nitro benzene ring substituents is 1. The van der Waals surface area contributed by atoms with Gasteiger partial charge in [0, 0.05) is 42.2 Å². The van der Waals surface area contributed by atoms with E-state index < -0.39 is 4.92 Å². The molecule has 168 valence electrons. The normalized spacial score (nSPS) is 14.6. The van der Waals surface area contributed by atoms with Crippen molar-refractivity contribution in [2.24, 2.45) is 0 Å². The third-order valence-corrected chi connectivity index (χ3v) is 5.76. The van der Waals surface area contributed by atoms with Gasteiger partial charge >= 0.3 is 6.03 Å². The Labute approximate surface area is 191 Å². The second-order valence-corrected chi connectivity index (χ2v) is 7.88. The van der Waals surface area contributed by atoms with E-state index in [0.29, 0.717) is 30.0 Å². The fraction of sp³-hybridized carbons (Fsp3) is 0.200. The lowest BCUT2D eigenvalue weighted by Crippen LogP contribution is -2.50. The van der Waals surface area contributed by atoms with Gasteiger partial charge in [0.25, 0.3) is 11.6 Å².